The number of nitrogens with zero attached hydrogens (tertiary/aromatic N) is 1. The number of aromatic nitrogens is 1. The number of hydrogen-bond donors (Lipinski definition) is 2. The standard InChI is InChI=1S/C18H18ClN3O3/c19-13-5-3-4-12-15(10-25-16(12)13)21-17(23)11-8-14(20-9-11)18(24)22-6-1-2-7-22/h3-5,8-9,15,20H,1-2,6-7,10H2,(H,21,23). The van der Waals surface area contributed by atoms with E-state index in [1.54, 1.807) is 23.2 Å². The van der Waals surface area contributed by atoms with Gasteiger partial charge in [-0.15, -0.1) is 0 Å². The third-order valence-corrected chi connectivity index (χ3v) is 4.94. The van der Waals surface area contributed by atoms with E-state index in [0.29, 0.717) is 28.6 Å². The molecule has 1 aromatic heterocycles. The van der Waals surface area contributed by atoms with Crippen molar-refractivity contribution in [2.24, 2.45) is 0 Å². The molecule has 2 aliphatic rings. The molecule has 0 aliphatic carbocycles. The van der Waals surface area contributed by atoms with E-state index in [9.17, 15) is 9.59 Å². The van der Waals surface area contributed by atoms with Crippen molar-refractivity contribution in [2.75, 3.05) is 19.7 Å². The molecular weight excluding hydrogens is 342 g/mol. The van der Waals surface area contributed by atoms with E-state index in [1.165, 1.54) is 0 Å². The van der Waals surface area contributed by atoms with Crippen molar-refractivity contribution < 1.29 is 14.3 Å². The molecule has 6 nitrogen and oxygen atoms in total. The van der Waals surface area contributed by atoms with Crippen molar-refractivity contribution in [3.8, 4) is 5.75 Å². The average molecular weight is 360 g/mol. The number of H-pyrrole nitrogens is 1. The third-order valence-electron chi connectivity index (χ3n) is 4.64. The lowest BCUT2D eigenvalue weighted by Gasteiger charge is -2.13. The number of likely N-dealkylation sites (tertiary alicyclic amines) is 1. The van der Waals surface area contributed by atoms with Gasteiger partial charge in [-0.2, -0.15) is 0 Å². The minimum absolute atomic E-state index is 0.0575. The Morgan fingerprint density at radius 3 is 2.88 bits per heavy atom. The van der Waals surface area contributed by atoms with Crippen LogP contribution in [0.25, 0.3) is 0 Å². The van der Waals surface area contributed by atoms with Gasteiger partial charge in [0.2, 0.25) is 0 Å². The topological polar surface area (TPSA) is 74.4 Å². The molecule has 0 saturated carbocycles. The van der Waals surface area contributed by atoms with E-state index in [2.05, 4.69) is 10.3 Å². The zero-order chi connectivity index (χ0) is 17.4. The molecule has 1 fully saturated rings. The van der Waals surface area contributed by atoms with E-state index in [4.69, 9.17) is 16.3 Å². The molecule has 2 aliphatic heterocycles. The van der Waals surface area contributed by atoms with Crippen molar-refractivity contribution in [3.63, 3.8) is 0 Å². The fraction of sp³-hybridized carbons (Fsp3) is 0.333. The summed E-state index contributed by atoms with van der Waals surface area (Å²) in [7, 11) is 0. The first-order valence-electron chi connectivity index (χ1n) is 8.33. The highest BCUT2D eigenvalue weighted by Crippen LogP contribution is 2.38. The van der Waals surface area contributed by atoms with Gasteiger partial charge in [0.05, 0.1) is 16.6 Å². The van der Waals surface area contributed by atoms with Crippen molar-refractivity contribution >= 4 is 23.4 Å². The molecule has 7 heteroatoms. The number of aromatic amines is 1. The maximum absolute atomic E-state index is 12.5. The molecule has 2 N–H and O–H groups in total. The van der Waals surface area contributed by atoms with Crippen molar-refractivity contribution in [2.45, 2.75) is 18.9 Å². The number of para-hydroxylation sites is 1. The Balaban J connectivity index is 1.46. The lowest BCUT2D eigenvalue weighted by atomic mass is 10.1. The first-order chi connectivity index (χ1) is 12.1. The van der Waals surface area contributed by atoms with Crippen LogP contribution in [0.5, 0.6) is 5.75 Å². The van der Waals surface area contributed by atoms with Gasteiger partial charge in [-0.3, -0.25) is 9.59 Å². The van der Waals surface area contributed by atoms with E-state index in [0.717, 1.165) is 31.5 Å². The Morgan fingerprint density at radius 1 is 1.28 bits per heavy atom. The maximum atomic E-state index is 12.5. The highest BCUT2D eigenvalue weighted by atomic mass is 35.5. The summed E-state index contributed by atoms with van der Waals surface area (Å²) >= 11 is 6.10. The number of fused-ring (bicyclic) bond motifs is 1. The van der Waals surface area contributed by atoms with Gasteiger partial charge in [0, 0.05) is 24.8 Å². The monoisotopic (exact) mass is 359 g/mol. The zero-order valence-electron chi connectivity index (χ0n) is 13.5. The average Bonchev–Trinajstić information content (AvgIpc) is 3.36. The first-order valence-corrected chi connectivity index (χ1v) is 8.71. The lowest BCUT2D eigenvalue weighted by molar-refractivity contribution is 0.0787. The highest BCUT2D eigenvalue weighted by molar-refractivity contribution is 6.32. The summed E-state index contributed by atoms with van der Waals surface area (Å²) in [5, 5.41) is 3.47. The molecule has 0 radical (unpaired) electrons. The number of carbonyl (C=O) groups excluding carboxylic acids is 2. The predicted octanol–water partition coefficient (Wildman–Crippen LogP) is 2.77. The summed E-state index contributed by atoms with van der Waals surface area (Å²) < 4.78 is 5.57. The minimum atomic E-state index is -0.256. The molecule has 1 aromatic carbocycles. The van der Waals surface area contributed by atoms with Crippen molar-refractivity contribution in [1.29, 1.82) is 0 Å². The Labute approximate surface area is 150 Å². The largest absolute Gasteiger partial charge is 0.489 e. The number of amides is 2. The molecule has 3 heterocycles. The van der Waals surface area contributed by atoms with Crippen LogP contribution in [0.1, 0.15) is 45.3 Å². The Morgan fingerprint density at radius 2 is 2.08 bits per heavy atom. The lowest BCUT2D eigenvalue weighted by Crippen LogP contribution is -2.29. The van der Waals surface area contributed by atoms with Gasteiger partial charge in [0.25, 0.3) is 11.8 Å². The molecule has 130 valence electrons. The molecular formula is C18H18ClN3O3. The van der Waals surface area contributed by atoms with Crippen LogP contribution in [0.2, 0.25) is 5.02 Å². The van der Waals surface area contributed by atoms with Gasteiger partial charge in [-0.05, 0) is 25.0 Å². The van der Waals surface area contributed by atoms with Gasteiger partial charge in [0.15, 0.2) is 0 Å². The molecule has 0 spiro atoms. The van der Waals surface area contributed by atoms with Gasteiger partial charge in [0.1, 0.15) is 18.1 Å². The van der Waals surface area contributed by atoms with E-state index in [-0.39, 0.29) is 17.9 Å². The van der Waals surface area contributed by atoms with E-state index in [1.807, 2.05) is 12.1 Å². The molecule has 1 saturated heterocycles. The van der Waals surface area contributed by atoms with Crippen LogP contribution < -0.4 is 10.1 Å². The number of rotatable bonds is 3. The fourth-order valence-electron chi connectivity index (χ4n) is 3.31. The zero-order valence-corrected chi connectivity index (χ0v) is 14.3. The number of carbonyl (C=O) groups is 2. The predicted molar refractivity (Wildman–Crippen MR) is 93.1 cm³/mol. The fourth-order valence-corrected chi connectivity index (χ4v) is 3.55. The first kappa shape index (κ1) is 16.0. The van der Waals surface area contributed by atoms with Crippen LogP contribution in [0.15, 0.2) is 30.5 Å². The van der Waals surface area contributed by atoms with E-state index >= 15 is 0 Å². The summed E-state index contributed by atoms with van der Waals surface area (Å²) in [6.45, 7) is 1.89. The summed E-state index contributed by atoms with van der Waals surface area (Å²) in [6.07, 6.45) is 3.63. The van der Waals surface area contributed by atoms with Crippen molar-refractivity contribution in [3.05, 3.63) is 52.3 Å². The Kier molecular flexibility index (Phi) is 4.13. The van der Waals surface area contributed by atoms with Gasteiger partial charge < -0.3 is 19.9 Å². The molecule has 2 amide bonds. The quantitative estimate of drug-likeness (QED) is 0.884. The number of nitrogens with one attached hydrogen (secondary N) is 2. The van der Waals surface area contributed by atoms with Crippen LogP contribution in [-0.2, 0) is 0 Å². The van der Waals surface area contributed by atoms with Crippen LogP contribution in [0.3, 0.4) is 0 Å². The van der Waals surface area contributed by atoms with Crippen LogP contribution >= 0.6 is 11.6 Å². The molecule has 0 bridgehead atoms. The van der Waals surface area contributed by atoms with Gasteiger partial charge in [-0.1, -0.05) is 23.7 Å². The maximum Gasteiger partial charge on any atom is 0.270 e. The minimum Gasteiger partial charge on any atom is -0.489 e. The van der Waals surface area contributed by atoms with Crippen LogP contribution in [0, 0.1) is 0 Å². The molecule has 4 rings (SSSR count). The summed E-state index contributed by atoms with van der Waals surface area (Å²) in [5.74, 6) is 0.310. The molecule has 1 unspecified atom stereocenters. The van der Waals surface area contributed by atoms with E-state index < -0.39 is 0 Å². The van der Waals surface area contributed by atoms with Gasteiger partial charge in [-0.25, -0.2) is 0 Å². The third kappa shape index (κ3) is 2.98. The molecule has 25 heavy (non-hydrogen) atoms. The second-order valence-corrected chi connectivity index (χ2v) is 6.70. The second-order valence-electron chi connectivity index (χ2n) is 6.30. The number of halogens is 1. The smallest absolute Gasteiger partial charge is 0.270 e. The summed E-state index contributed by atoms with van der Waals surface area (Å²) in [5.41, 5.74) is 1.74. The summed E-state index contributed by atoms with van der Waals surface area (Å²) in [6, 6.07) is 6.82. The van der Waals surface area contributed by atoms with Crippen LogP contribution in [0.4, 0.5) is 0 Å². The Hall–Kier alpha value is -2.47. The summed E-state index contributed by atoms with van der Waals surface area (Å²) in [4.78, 5) is 29.6. The number of hydrogen-bond acceptors (Lipinski definition) is 3. The van der Waals surface area contributed by atoms with Gasteiger partial charge >= 0.3 is 0 Å². The molecule has 1 atom stereocenters. The number of benzene rings is 1. The van der Waals surface area contributed by atoms with Crippen molar-refractivity contribution in [1.82, 2.24) is 15.2 Å². The highest BCUT2D eigenvalue weighted by Gasteiger charge is 2.28. The molecule has 2 aromatic rings. The number of ether oxygens (including phenoxy) is 1. The van der Waals surface area contributed by atoms with Crippen LogP contribution in [-0.4, -0.2) is 41.4 Å². The SMILES string of the molecule is O=C(NC1COc2c(Cl)cccc21)c1c[nH]c(C(=O)N2CCCC2)c1. The normalized spacial score (nSPS) is 18.8. The second kappa shape index (κ2) is 6.44. The Bertz CT molecular complexity index is 827.